The largest absolute Gasteiger partial charge is 0.493 e. The Balaban J connectivity index is 1.45. The molecule has 0 saturated heterocycles. The first kappa shape index (κ1) is 21.3. The fourth-order valence-corrected chi connectivity index (χ4v) is 4.98. The van der Waals surface area contributed by atoms with Gasteiger partial charge in [0.1, 0.15) is 17.0 Å². The number of H-pyrrole nitrogens is 1. The number of rotatable bonds is 7. The fraction of sp³-hybridized carbons (Fsp3) is 0.182. The average molecular weight is 482 g/mol. The number of hydrogen-bond donors (Lipinski definition) is 1. The normalized spacial score (nSPS) is 11.2. The van der Waals surface area contributed by atoms with Crippen LogP contribution in [0.25, 0.3) is 27.5 Å². The van der Waals surface area contributed by atoms with E-state index in [0.717, 1.165) is 16.3 Å². The lowest BCUT2D eigenvalue weighted by Gasteiger charge is -2.09. The summed E-state index contributed by atoms with van der Waals surface area (Å²) in [5.74, 6) is 2.76. The van der Waals surface area contributed by atoms with Gasteiger partial charge in [-0.2, -0.15) is 5.10 Å². The van der Waals surface area contributed by atoms with Gasteiger partial charge in [-0.15, -0.1) is 16.4 Å². The maximum atomic E-state index is 12.3. The Morgan fingerprint density at radius 1 is 1.21 bits per heavy atom. The van der Waals surface area contributed by atoms with Crippen molar-refractivity contribution in [1.29, 1.82) is 0 Å². The molecule has 5 rings (SSSR count). The molecule has 0 saturated carbocycles. The van der Waals surface area contributed by atoms with E-state index < -0.39 is 0 Å². The van der Waals surface area contributed by atoms with Crippen LogP contribution in [0.2, 0.25) is 0 Å². The molecule has 5 aromatic rings. The van der Waals surface area contributed by atoms with Crippen LogP contribution in [0.4, 0.5) is 0 Å². The molecule has 9 nitrogen and oxygen atoms in total. The van der Waals surface area contributed by atoms with E-state index in [9.17, 15) is 4.79 Å². The summed E-state index contributed by atoms with van der Waals surface area (Å²) in [6, 6.07) is 11.2. The number of aromatic nitrogens is 5. The quantitative estimate of drug-likeness (QED) is 0.341. The van der Waals surface area contributed by atoms with Crippen molar-refractivity contribution >= 4 is 28.6 Å². The Kier molecular flexibility index (Phi) is 5.65. The lowest BCUT2D eigenvalue weighted by Crippen LogP contribution is -2.13. The number of oxazole rings is 1. The highest BCUT2D eigenvalue weighted by molar-refractivity contribution is 7.98. The van der Waals surface area contributed by atoms with Crippen molar-refractivity contribution < 1.29 is 13.9 Å². The molecule has 168 valence electrons. The standard InChI is InChI=1S/C22H19N5O4S2/c1-12-15(23-21(31-12)13-6-4-7-17(29-2)19(13)30-3)11-33-22-25-24-20(28)16-10-14(26-27(16)22)18-8-5-9-32-18/h4-10H,11H2,1-3H3,(H,24,28). The number of fused-ring (bicyclic) bond motifs is 1. The van der Waals surface area contributed by atoms with Crippen LogP contribution in [0.3, 0.4) is 0 Å². The summed E-state index contributed by atoms with van der Waals surface area (Å²) in [5.41, 5.74) is 2.34. The Morgan fingerprint density at radius 3 is 2.85 bits per heavy atom. The predicted molar refractivity (Wildman–Crippen MR) is 126 cm³/mol. The van der Waals surface area contributed by atoms with Crippen LogP contribution in [0, 0.1) is 6.92 Å². The summed E-state index contributed by atoms with van der Waals surface area (Å²) in [6.45, 7) is 1.86. The van der Waals surface area contributed by atoms with Crippen LogP contribution in [0.5, 0.6) is 11.5 Å². The van der Waals surface area contributed by atoms with E-state index in [1.165, 1.54) is 11.8 Å². The molecule has 0 fully saturated rings. The Bertz CT molecular complexity index is 1490. The molecule has 11 heteroatoms. The maximum Gasteiger partial charge on any atom is 0.290 e. The van der Waals surface area contributed by atoms with Crippen molar-refractivity contribution in [1.82, 2.24) is 24.8 Å². The highest BCUT2D eigenvalue weighted by Gasteiger charge is 2.19. The van der Waals surface area contributed by atoms with Crippen LogP contribution >= 0.6 is 23.1 Å². The van der Waals surface area contributed by atoms with E-state index in [0.29, 0.717) is 45.1 Å². The molecule has 1 aromatic carbocycles. The third-order valence-corrected chi connectivity index (χ3v) is 6.85. The highest BCUT2D eigenvalue weighted by Crippen LogP contribution is 2.38. The van der Waals surface area contributed by atoms with E-state index in [4.69, 9.17) is 13.9 Å². The second-order valence-electron chi connectivity index (χ2n) is 6.99. The number of aryl methyl sites for hydroxylation is 1. The van der Waals surface area contributed by atoms with E-state index in [2.05, 4.69) is 20.3 Å². The zero-order valence-electron chi connectivity index (χ0n) is 18.0. The molecule has 0 aliphatic heterocycles. The number of nitrogens with zero attached hydrogens (tertiary/aromatic N) is 4. The number of nitrogens with one attached hydrogen (secondary N) is 1. The number of thioether (sulfide) groups is 1. The molecule has 0 bridgehead atoms. The molecule has 0 radical (unpaired) electrons. The van der Waals surface area contributed by atoms with E-state index in [-0.39, 0.29) is 5.56 Å². The predicted octanol–water partition coefficient (Wildman–Crippen LogP) is 4.42. The molecule has 0 atom stereocenters. The molecular weight excluding hydrogens is 462 g/mol. The third-order valence-electron chi connectivity index (χ3n) is 5.01. The van der Waals surface area contributed by atoms with Crippen LogP contribution in [0.1, 0.15) is 11.5 Å². The Hall–Kier alpha value is -3.57. The first-order chi connectivity index (χ1) is 16.1. The molecule has 4 aromatic heterocycles. The minimum Gasteiger partial charge on any atom is -0.493 e. The lowest BCUT2D eigenvalue weighted by atomic mass is 10.2. The van der Waals surface area contributed by atoms with Gasteiger partial charge in [0.25, 0.3) is 5.56 Å². The molecule has 33 heavy (non-hydrogen) atoms. The van der Waals surface area contributed by atoms with Crippen LogP contribution in [-0.4, -0.2) is 39.0 Å². The molecule has 4 heterocycles. The number of thiophene rings is 1. The molecule has 0 aliphatic carbocycles. The second kappa shape index (κ2) is 8.75. The molecule has 0 amide bonds. The van der Waals surface area contributed by atoms with Gasteiger partial charge in [-0.1, -0.05) is 23.9 Å². The Labute approximate surface area is 196 Å². The summed E-state index contributed by atoms with van der Waals surface area (Å²) in [6.07, 6.45) is 0. The first-order valence-corrected chi connectivity index (χ1v) is 11.8. The lowest BCUT2D eigenvalue weighted by molar-refractivity contribution is 0.355. The van der Waals surface area contributed by atoms with Crippen molar-refractivity contribution in [3.63, 3.8) is 0 Å². The van der Waals surface area contributed by atoms with Gasteiger partial charge < -0.3 is 13.9 Å². The summed E-state index contributed by atoms with van der Waals surface area (Å²) < 4.78 is 18.4. The number of para-hydroxylation sites is 1. The number of methoxy groups -OCH3 is 2. The van der Waals surface area contributed by atoms with Crippen LogP contribution in [0.15, 0.2) is 56.1 Å². The SMILES string of the molecule is COc1cccc(-c2nc(CSc3n[nH]c(=O)c4cc(-c5cccs5)nn34)c(C)o2)c1OC. The van der Waals surface area contributed by atoms with E-state index >= 15 is 0 Å². The molecule has 0 unspecified atom stereocenters. The molecule has 1 N–H and O–H groups in total. The van der Waals surface area contributed by atoms with Gasteiger partial charge >= 0.3 is 0 Å². The fourth-order valence-electron chi connectivity index (χ4n) is 3.40. The smallest absolute Gasteiger partial charge is 0.290 e. The van der Waals surface area contributed by atoms with Gasteiger partial charge in [-0.05, 0) is 36.6 Å². The molecule has 0 spiro atoms. The first-order valence-electron chi connectivity index (χ1n) is 9.92. The van der Waals surface area contributed by atoms with Gasteiger partial charge in [-0.3, -0.25) is 4.79 Å². The van der Waals surface area contributed by atoms with Crippen molar-refractivity contribution in [2.45, 2.75) is 17.8 Å². The Morgan fingerprint density at radius 2 is 2.09 bits per heavy atom. The van der Waals surface area contributed by atoms with E-state index in [1.54, 1.807) is 36.1 Å². The monoisotopic (exact) mass is 481 g/mol. The van der Waals surface area contributed by atoms with Crippen molar-refractivity contribution in [3.05, 3.63) is 63.6 Å². The van der Waals surface area contributed by atoms with Gasteiger partial charge in [0.2, 0.25) is 11.0 Å². The van der Waals surface area contributed by atoms with Crippen LogP contribution < -0.4 is 15.0 Å². The number of ether oxygens (including phenoxy) is 2. The molecular formula is C22H19N5O4S2. The van der Waals surface area contributed by atoms with Gasteiger partial charge in [-0.25, -0.2) is 14.6 Å². The third kappa shape index (κ3) is 3.89. The van der Waals surface area contributed by atoms with Gasteiger partial charge in [0.15, 0.2) is 11.5 Å². The highest BCUT2D eigenvalue weighted by atomic mass is 32.2. The minimum absolute atomic E-state index is 0.292. The number of aromatic amines is 1. The van der Waals surface area contributed by atoms with Gasteiger partial charge in [0.05, 0.1) is 30.4 Å². The topological polar surface area (TPSA) is 108 Å². The van der Waals surface area contributed by atoms with E-state index in [1.807, 2.05) is 42.6 Å². The molecule has 0 aliphatic rings. The second-order valence-corrected chi connectivity index (χ2v) is 8.88. The zero-order chi connectivity index (χ0) is 22.9. The maximum absolute atomic E-state index is 12.3. The summed E-state index contributed by atoms with van der Waals surface area (Å²) in [7, 11) is 3.16. The van der Waals surface area contributed by atoms with Crippen molar-refractivity contribution in [2.75, 3.05) is 14.2 Å². The zero-order valence-corrected chi connectivity index (χ0v) is 19.6. The minimum atomic E-state index is -0.292. The van der Waals surface area contributed by atoms with Crippen LogP contribution in [-0.2, 0) is 5.75 Å². The van der Waals surface area contributed by atoms with Gasteiger partial charge in [0, 0.05) is 5.75 Å². The summed E-state index contributed by atoms with van der Waals surface area (Å²) in [5, 5.41) is 13.9. The van der Waals surface area contributed by atoms with Crippen molar-refractivity contribution in [2.24, 2.45) is 0 Å². The number of hydrogen-bond acceptors (Lipinski definition) is 9. The van der Waals surface area contributed by atoms with Crippen molar-refractivity contribution in [3.8, 4) is 33.5 Å². The summed E-state index contributed by atoms with van der Waals surface area (Å²) in [4.78, 5) is 17.9. The number of benzene rings is 1. The summed E-state index contributed by atoms with van der Waals surface area (Å²) >= 11 is 2.97. The average Bonchev–Trinajstić information content (AvgIpc) is 3.58.